The lowest BCUT2D eigenvalue weighted by atomic mass is 9.84. The van der Waals surface area contributed by atoms with Crippen molar-refractivity contribution >= 4 is 21.6 Å². The van der Waals surface area contributed by atoms with Crippen molar-refractivity contribution in [2.45, 2.75) is 50.0 Å². The van der Waals surface area contributed by atoms with Gasteiger partial charge in [-0.05, 0) is 55.5 Å². The van der Waals surface area contributed by atoms with E-state index in [1.165, 1.54) is 11.3 Å². The first kappa shape index (κ1) is 22.4. The fourth-order valence-electron chi connectivity index (χ4n) is 4.05. The summed E-state index contributed by atoms with van der Waals surface area (Å²) in [4.78, 5) is 0. The number of aliphatic hydroxyl groups excluding tert-OH is 1. The van der Waals surface area contributed by atoms with Crippen LogP contribution in [0.15, 0.2) is 42.6 Å². The van der Waals surface area contributed by atoms with Crippen LogP contribution in [0.4, 0.5) is 10.3 Å². The second-order valence-corrected chi connectivity index (χ2v) is 8.75. The largest absolute Gasteiger partial charge is 0.497 e. The van der Waals surface area contributed by atoms with Gasteiger partial charge in [-0.2, -0.15) is 10.2 Å². The molecule has 1 fully saturated rings. The highest BCUT2D eigenvalue weighted by Crippen LogP contribution is 2.34. The fraction of sp³-hybridized carbons (Fsp3) is 0.455. The van der Waals surface area contributed by atoms with Crippen molar-refractivity contribution in [1.82, 2.24) is 20.4 Å². The van der Waals surface area contributed by atoms with Crippen LogP contribution in [0.25, 0.3) is 0 Å². The number of ether oxygens (including phenoxy) is 2. The molecule has 170 valence electrons. The van der Waals surface area contributed by atoms with E-state index < -0.39 is 12.3 Å². The predicted octanol–water partition coefficient (Wildman–Crippen LogP) is 3.59. The van der Waals surface area contributed by atoms with Gasteiger partial charge in [0.25, 0.3) is 0 Å². The lowest BCUT2D eigenvalue weighted by Crippen LogP contribution is -2.28. The number of methoxy groups -OCH3 is 2. The Bertz CT molecular complexity index is 981. The molecular weight excluding hydrogens is 428 g/mol. The summed E-state index contributed by atoms with van der Waals surface area (Å²) in [7, 11) is 3.16. The molecule has 1 saturated carbocycles. The van der Waals surface area contributed by atoms with Crippen molar-refractivity contribution in [2.24, 2.45) is 0 Å². The Morgan fingerprint density at radius 1 is 1.03 bits per heavy atom. The number of benzene rings is 1. The number of hydrogen-bond donors (Lipinski definition) is 3. The van der Waals surface area contributed by atoms with Crippen LogP contribution in [0.2, 0.25) is 0 Å². The molecule has 2 aromatic heterocycles. The summed E-state index contributed by atoms with van der Waals surface area (Å²) in [5.41, 5.74) is 1.88. The minimum absolute atomic E-state index is 0.345. The van der Waals surface area contributed by atoms with Crippen LogP contribution in [-0.4, -0.2) is 52.0 Å². The minimum atomic E-state index is -0.990. The Hall–Kier alpha value is -2.82. The third-order valence-corrected chi connectivity index (χ3v) is 6.51. The van der Waals surface area contributed by atoms with Gasteiger partial charge >= 0.3 is 0 Å². The molecule has 0 amide bonds. The average Bonchev–Trinajstić information content (AvgIpc) is 3.27. The van der Waals surface area contributed by atoms with E-state index in [4.69, 9.17) is 9.47 Å². The Morgan fingerprint density at radius 2 is 1.84 bits per heavy atom. The number of aliphatic hydroxyl groups is 1. The maximum atomic E-state index is 10.7. The maximum absolute atomic E-state index is 10.7. The second kappa shape index (κ2) is 10.7. The molecule has 0 saturated heterocycles. The van der Waals surface area contributed by atoms with Crippen molar-refractivity contribution in [1.29, 1.82) is 0 Å². The fourth-order valence-corrected chi connectivity index (χ4v) is 4.80. The third-order valence-electron chi connectivity index (χ3n) is 5.73. The molecule has 32 heavy (non-hydrogen) atoms. The molecule has 10 heteroatoms. The van der Waals surface area contributed by atoms with E-state index in [0.717, 1.165) is 42.1 Å². The van der Waals surface area contributed by atoms with Crippen molar-refractivity contribution in [2.75, 3.05) is 24.9 Å². The molecule has 0 spiro atoms. The summed E-state index contributed by atoms with van der Waals surface area (Å²) in [6.07, 6.45) is 4.34. The Morgan fingerprint density at radius 3 is 2.56 bits per heavy atom. The molecule has 2 unspecified atom stereocenters. The molecule has 2 atom stereocenters. The van der Waals surface area contributed by atoms with E-state index in [1.54, 1.807) is 20.4 Å². The first-order valence-corrected chi connectivity index (χ1v) is 11.5. The summed E-state index contributed by atoms with van der Waals surface area (Å²) in [6.45, 7) is 0. The minimum Gasteiger partial charge on any atom is -0.497 e. The molecular formula is C22H28N6O3S. The quantitative estimate of drug-likeness (QED) is 0.416. The highest BCUT2D eigenvalue weighted by Gasteiger charge is 2.25. The van der Waals surface area contributed by atoms with Gasteiger partial charge in [-0.15, -0.1) is 10.2 Å². The summed E-state index contributed by atoms with van der Waals surface area (Å²) < 4.78 is 10.8. The van der Waals surface area contributed by atoms with Gasteiger partial charge in [-0.25, -0.2) is 0 Å². The van der Waals surface area contributed by atoms with Gasteiger partial charge < -0.3 is 25.2 Å². The molecule has 0 bridgehead atoms. The Kier molecular flexibility index (Phi) is 7.46. The summed E-state index contributed by atoms with van der Waals surface area (Å²) >= 11 is 1.38. The lowest BCUT2D eigenvalue weighted by molar-refractivity contribution is 0.00112. The number of hydrogen-bond acceptors (Lipinski definition) is 10. The smallest absolute Gasteiger partial charge is 0.209 e. The van der Waals surface area contributed by atoms with Crippen LogP contribution < -0.4 is 15.4 Å². The Balaban J connectivity index is 1.30. The van der Waals surface area contributed by atoms with Crippen LogP contribution >= 0.6 is 11.3 Å². The topological polar surface area (TPSA) is 114 Å². The molecule has 4 rings (SSSR count). The number of anilines is 2. The second-order valence-electron chi connectivity index (χ2n) is 7.78. The SMILES string of the molecule is COc1cccc(C(OC)C(O)Nc2nnc(NC3CCC(c4cccnn4)CC3)s2)c1. The van der Waals surface area contributed by atoms with Crippen LogP contribution in [-0.2, 0) is 4.74 Å². The van der Waals surface area contributed by atoms with Gasteiger partial charge in [0.05, 0.1) is 12.8 Å². The van der Waals surface area contributed by atoms with Crippen molar-refractivity contribution in [3.8, 4) is 5.75 Å². The predicted molar refractivity (Wildman–Crippen MR) is 123 cm³/mol. The van der Waals surface area contributed by atoms with E-state index in [2.05, 4.69) is 37.1 Å². The monoisotopic (exact) mass is 456 g/mol. The van der Waals surface area contributed by atoms with Gasteiger partial charge in [0.1, 0.15) is 11.9 Å². The van der Waals surface area contributed by atoms with Crippen LogP contribution in [0, 0.1) is 0 Å². The molecule has 1 aliphatic rings. The van der Waals surface area contributed by atoms with Crippen molar-refractivity contribution < 1.29 is 14.6 Å². The standard InChI is InChI=1S/C22H28N6O3S/c1-30-17-6-3-5-15(13-17)19(31-2)20(29)25-22-28-27-21(32-22)24-16-10-8-14(9-11-16)18-7-4-12-23-26-18/h3-7,12-14,16,19-20,29H,8-11H2,1-2H3,(H,24,27)(H,25,28). The van der Waals surface area contributed by atoms with Gasteiger partial charge in [0, 0.05) is 25.3 Å². The highest BCUT2D eigenvalue weighted by molar-refractivity contribution is 7.19. The zero-order valence-corrected chi connectivity index (χ0v) is 19.0. The van der Waals surface area contributed by atoms with Crippen molar-refractivity contribution in [3.05, 3.63) is 53.9 Å². The average molecular weight is 457 g/mol. The number of rotatable bonds is 9. The molecule has 1 aliphatic carbocycles. The van der Waals surface area contributed by atoms with Crippen LogP contribution in [0.5, 0.6) is 5.75 Å². The maximum Gasteiger partial charge on any atom is 0.209 e. The van der Waals surface area contributed by atoms with Crippen molar-refractivity contribution in [3.63, 3.8) is 0 Å². The summed E-state index contributed by atoms with van der Waals surface area (Å²) in [5, 5.41) is 35.0. The molecule has 0 aliphatic heterocycles. The molecule has 0 radical (unpaired) electrons. The molecule has 3 aromatic rings. The van der Waals surface area contributed by atoms with Gasteiger partial charge in [0.15, 0.2) is 6.23 Å². The molecule has 1 aromatic carbocycles. The number of aromatic nitrogens is 4. The highest BCUT2D eigenvalue weighted by atomic mass is 32.1. The zero-order valence-electron chi connectivity index (χ0n) is 18.1. The first-order valence-electron chi connectivity index (χ1n) is 10.6. The third kappa shape index (κ3) is 5.50. The molecule has 3 N–H and O–H groups in total. The lowest BCUT2D eigenvalue weighted by Gasteiger charge is -2.28. The van der Waals surface area contributed by atoms with Gasteiger partial charge in [-0.3, -0.25) is 0 Å². The van der Waals surface area contributed by atoms with E-state index >= 15 is 0 Å². The van der Waals surface area contributed by atoms with Gasteiger partial charge in [0.2, 0.25) is 10.3 Å². The van der Waals surface area contributed by atoms with Crippen LogP contribution in [0.1, 0.15) is 49.0 Å². The molecule has 2 heterocycles. The first-order chi connectivity index (χ1) is 15.7. The Labute approximate surface area is 191 Å². The van der Waals surface area contributed by atoms with E-state index in [9.17, 15) is 5.11 Å². The molecule has 9 nitrogen and oxygen atoms in total. The van der Waals surface area contributed by atoms with E-state index in [1.807, 2.05) is 30.3 Å². The van der Waals surface area contributed by atoms with E-state index in [0.29, 0.717) is 22.8 Å². The summed E-state index contributed by atoms with van der Waals surface area (Å²) in [6, 6.07) is 11.8. The van der Waals surface area contributed by atoms with Gasteiger partial charge in [-0.1, -0.05) is 23.5 Å². The van der Waals surface area contributed by atoms with Crippen LogP contribution in [0.3, 0.4) is 0 Å². The summed E-state index contributed by atoms with van der Waals surface area (Å²) in [5.74, 6) is 1.17. The number of nitrogens with zero attached hydrogens (tertiary/aromatic N) is 4. The number of nitrogens with one attached hydrogen (secondary N) is 2. The normalized spacial score (nSPS) is 20.3. The zero-order chi connectivity index (χ0) is 22.3. The van der Waals surface area contributed by atoms with E-state index in [-0.39, 0.29) is 0 Å².